The van der Waals surface area contributed by atoms with E-state index in [-0.39, 0.29) is 5.75 Å². The quantitative estimate of drug-likeness (QED) is 0.652. The van der Waals surface area contributed by atoms with Crippen LogP contribution in [0.1, 0.15) is 0 Å². The maximum absolute atomic E-state index is 9.97. The van der Waals surface area contributed by atoms with Crippen molar-refractivity contribution in [2.24, 2.45) is 0 Å². The Morgan fingerprint density at radius 2 is 1.94 bits per heavy atom. The molecule has 0 fully saturated rings. The van der Waals surface area contributed by atoms with Crippen molar-refractivity contribution in [3.8, 4) is 5.75 Å². The SMILES string of the molecule is Oc1c(Br)ccc2oc3cc(Cl)ccc3c12. The molecule has 0 atom stereocenters. The number of phenols is 1. The fourth-order valence-corrected chi connectivity index (χ4v) is 2.29. The van der Waals surface area contributed by atoms with Gasteiger partial charge in [-0.25, -0.2) is 0 Å². The van der Waals surface area contributed by atoms with Gasteiger partial charge in [0.25, 0.3) is 0 Å². The van der Waals surface area contributed by atoms with Crippen LogP contribution in [0.5, 0.6) is 5.75 Å². The van der Waals surface area contributed by atoms with Crippen LogP contribution in [0.15, 0.2) is 39.2 Å². The van der Waals surface area contributed by atoms with Crippen LogP contribution < -0.4 is 0 Å². The molecule has 16 heavy (non-hydrogen) atoms. The third-order valence-electron chi connectivity index (χ3n) is 2.52. The van der Waals surface area contributed by atoms with Crippen LogP contribution in [0.3, 0.4) is 0 Å². The molecule has 0 amide bonds. The van der Waals surface area contributed by atoms with Crippen LogP contribution in [0, 0.1) is 0 Å². The summed E-state index contributed by atoms with van der Waals surface area (Å²) in [6.07, 6.45) is 0. The topological polar surface area (TPSA) is 33.4 Å². The maximum atomic E-state index is 9.97. The van der Waals surface area contributed by atoms with Crippen molar-refractivity contribution in [2.45, 2.75) is 0 Å². The highest BCUT2D eigenvalue weighted by atomic mass is 79.9. The van der Waals surface area contributed by atoms with Crippen molar-refractivity contribution in [3.63, 3.8) is 0 Å². The highest BCUT2D eigenvalue weighted by molar-refractivity contribution is 9.10. The van der Waals surface area contributed by atoms with Crippen LogP contribution >= 0.6 is 27.5 Å². The van der Waals surface area contributed by atoms with Gasteiger partial charge in [0.05, 0.1) is 9.86 Å². The van der Waals surface area contributed by atoms with Crippen molar-refractivity contribution in [1.29, 1.82) is 0 Å². The zero-order valence-corrected chi connectivity index (χ0v) is 10.3. The predicted octanol–water partition coefficient (Wildman–Crippen LogP) is 4.71. The van der Waals surface area contributed by atoms with Gasteiger partial charge >= 0.3 is 0 Å². The summed E-state index contributed by atoms with van der Waals surface area (Å²) in [4.78, 5) is 0. The van der Waals surface area contributed by atoms with Crippen LogP contribution in [-0.2, 0) is 0 Å². The Morgan fingerprint density at radius 3 is 2.75 bits per heavy atom. The lowest BCUT2D eigenvalue weighted by Gasteiger charge is -1.97. The van der Waals surface area contributed by atoms with Gasteiger partial charge in [-0.15, -0.1) is 0 Å². The third-order valence-corrected chi connectivity index (χ3v) is 3.40. The number of aromatic hydroxyl groups is 1. The average molecular weight is 298 g/mol. The largest absolute Gasteiger partial charge is 0.506 e. The molecule has 0 aliphatic rings. The first-order chi connectivity index (χ1) is 7.66. The number of hydrogen-bond donors (Lipinski definition) is 1. The monoisotopic (exact) mass is 296 g/mol. The molecule has 1 N–H and O–H groups in total. The van der Waals surface area contributed by atoms with Crippen molar-refractivity contribution in [1.82, 2.24) is 0 Å². The number of phenolic OH excluding ortho intramolecular Hbond substituents is 1. The van der Waals surface area contributed by atoms with Crippen molar-refractivity contribution >= 4 is 49.5 Å². The minimum Gasteiger partial charge on any atom is -0.506 e. The van der Waals surface area contributed by atoms with Gasteiger partial charge in [-0.1, -0.05) is 11.6 Å². The molecule has 0 aliphatic carbocycles. The summed E-state index contributed by atoms with van der Waals surface area (Å²) in [7, 11) is 0. The summed E-state index contributed by atoms with van der Waals surface area (Å²) < 4.78 is 6.25. The first-order valence-electron chi connectivity index (χ1n) is 4.66. The zero-order chi connectivity index (χ0) is 11.3. The summed E-state index contributed by atoms with van der Waals surface area (Å²) >= 11 is 9.17. The van der Waals surface area contributed by atoms with Crippen molar-refractivity contribution in [3.05, 3.63) is 39.8 Å². The molecule has 80 valence electrons. The van der Waals surface area contributed by atoms with Gasteiger partial charge in [0.2, 0.25) is 0 Å². The molecule has 0 bridgehead atoms. The number of fused-ring (bicyclic) bond motifs is 3. The Hall–Kier alpha value is -1.19. The van der Waals surface area contributed by atoms with Crippen LogP contribution in [0.4, 0.5) is 0 Å². The summed E-state index contributed by atoms with van der Waals surface area (Å²) in [6, 6.07) is 8.92. The highest BCUT2D eigenvalue weighted by Crippen LogP contribution is 2.39. The maximum Gasteiger partial charge on any atom is 0.141 e. The highest BCUT2D eigenvalue weighted by Gasteiger charge is 2.12. The first-order valence-corrected chi connectivity index (χ1v) is 5.83. The Kier molecular flexibility index (Phi) is 2.13. The lowest BCUT2D eigenvalue weighted by molar-refractivity contribution is 0.478. The van der Waals surface area contributed by atoms with E-state index < -0.39 is 0 Å². The average Bonchev–Trinajstić information content (AvgIpc) is 2.61. The first kappa shape index (κ1) is 10.00. The molecule has 1 heterocycles. The standard InChI is InChI=1S/C12H6BrClO2/c13-8-3-4-9-11(12(8)15)7-2-1-6(14)5-10(7)16-9/h1-5,15H. The number of hydrogen-bond acceptors (Lipinski definition) is 2. The molecule has 0 spiro atoms. The Bertz CT molecular complexity index is 702. The minimum atomic E-state index is 0.193. The molecule has 3 aromatic rings. The molecule has 1 aromatic heterocycles. The van der Waals surface area contributed by atoms with E-state index in [4.69, 9.17) is 16.0 Å². The smallest absolute Gasteiger partial charge is 0.141 e. The summed E-state index contributed by atoms with van der Waals surface area (Å²) in [5.41, 5.74) is 1.33. The van der Waals surface area contributed by atoms with E-state index >= 15 is 0 Å². The molecular formula is C12H6BrClO2. The van der Waals surface area contributed by atoms with Crippen molar-refractivity contribution < 1.29 is 9.52 Å². The Balaban J connectivity index is 2.57. The summed E-state index contributed by atoms with van der Waals surface area (Å²) in [6.45, 7) is 0. The van der Waals surface area contributed by atoms with Gasteiger partial charge in [-0.3, -0.25) is 0 Å². The fraction of sp³-hybridized carbons (Fsp3) is 0. The molecular weight excluding hydrogens is 291 g/mol. The van der Waals surface area contributed by atoms with Crippen LogP contribution in [0.25, 0.3) is 21.9 Å². The molecule has 0 saturated carbocycles. The molecule has 3 rings (SSSR count). The predicted molar refractivity (Wildman–Crippen MR) is 68.1 cm³/mol. The van der Waals surface area contributed by atoms with E-state index in [0.29, 0.717) is 26.0 Å². The van der Waals surface area contributed by atoms with E-state index in [9.17, 15) is 5.11 Å². The lowest BCUT2D eigenvalue weighted by Crippen LogP contribution is -1.71. The van der Waals surface area contributed by atoms with Gasteiger partial charge in [0, 0.05) is 16.5 Å². The molecule has 0 aliphatic heterocycles. The molecule has 0 unspecified atom stereocenters. The second kappa shape index (κ2) is 3.40. The Labute approximate surface area is 105 Å². The summed E-state index contributed by atoms with van der Waals surface area (Å²) in [5.74, 6) is 0.193. The van der Waals surface area contributed by atoms with Crippen LogP contribution in [0.2, 0.25) is 5.02 Å². The number of rotatable bonds is 0. The lowest BCUT2D eigenvalue weighted by atomic mass is 10.1. The minimum absolute atomic E-state index is 0.193. The number of furan rings is 1. The van der Waals surface area contributed by atoms with E-state index in [0.717, 1.165) is 5.39 Å². The number of benzene rings is 2. The third kappa shape index (κ3) is 1.32. The van der Waals surface area contributed by atoms with Crippen molar-refractivity contribution in [2.75, 3.05) is 0 Å². The summed E-state index contributed by atoms with van der Waals surface area (Å²) in [5, 5.41) is 12.2. The van der Waals surface area contributed by atoms with E-state index in [1.54, 1.807) is 18.2 Å². The molecule has 0 radical (unpaired) electrons. The van der Waals surface area contributed by atoms with E-state index in [1.165, 1.54) is 0 Å². The van der Waals surface area contributed by atoms with Crippen LogP contribution in [-0.4, -0.2) is 5.11 Å². The Morgan fingerprint density at radius 1 is 1.12 bits per heavy atom. The van der Waals surface area contributed by atoms with E-state index in [2.05, 4.69) is 15.9 Å². The molecule has 2 nitrogen and oxygen atoms in total. The molecule has 0 saturated heterocycles. The second-order valence-corrected chi connectivity index (χ2v) is 4.80. The molecule has 4 heteroatoms. The normalized spacial score (nSPS) is 11.4. The van der Waals surface area contributed by atoms with Gasteiger partial charge in [-0.05, 0) is 40.2 Å². The van der Waals surface area contributed by atoms with E-state index in [1.807, 2.05) is 12.1 Å². The zero-order valence-electron chi connectivity index (χ0n) is 8.00. The van der Waals surface area contributed by atoms with Gasteiger partial charge < -0.3 is 9.52 Å². The number of halogens is 2. The fourth-order valence-electron chi connectivity index (χ4n) is 1.80. The second-order valence-electron chi connectivity index (χ2n) is 3.51. The molecule has 2 aromatic carbocycles. The van der Waals surface area contributed by atoms with Gasteiger partial charge in [0.15, 0.2) is 0 Å². The van der Waals surface area contributed by atoms with Gasteiger partial charge in [-0.2, -0.15) is 0 Å². The van der Waals surface area contributed by atoms with Gasteiger partial charge in [0.1, 0.15) is 16.9 Å².